The summed E-state index contributed by atoms with van der Waals surface area (Å²) >= 11 is 0. The van der Waals surface area contributed by atoms with Gasteiger partial charge in [0.2, 0.25) is 0 Å². The third-order valence-corrected chi connectivity index (χ3v) is 2.74. The molecule has 0 aliphatic carbocycles. The van der Waals surface area contributed by atoms with Crippen LogP contribution in [0.1, 0.15) is 27.7 Å². The lowest BCUT2D eigenvalue weighted by atomic mass is 9.86. The Morgan fingerprint density at radius 2 is 1.87 bits per heavy atom. The average molecular weight is 209 g/mol. The Balaban J connectivity index is 2.87. The van der Waals surface area contributed by atoms with Crippen LogP contribution in [0.4, 0.5) is 11.6 Å². The van der Waals surface area contributed by atoms with Gasteiger partial charge in [0.1, 0.15) is 11.6 Å². The zero-order valence-electron chi connectivity index (χ0n) is 9.70. The van der Waals surface area contributed by atoms with Gasteiger partial charge in [-0.2, -0.15) is 0 Å². The quantitative estimate of drug-likeness (QED) is 0.707. The third-order valence-electron chi connectivity index (χ3n) is 2.74. The number of nitrogens with one attached hydrogen (secondary N) is 1. The molecule has 4 heteroatoms. The Hall–Kier alpha value is -1.29. The van der Waals surface area contributed by atoms with Crippen molar-refractivity contribution in [1.82, 2.24) is 4.98 Å². The number of nitrogen functional groups attached to an aromatic ring is 1. The summed E-state index contributed by atoms with van der Waals surface area (Å²) in [6, 6.07) is 5.37. The molecule has 1 aromatic rings. The van der Waals surface area contributed by atoms with Gasteiger partial charge in [0, 0.05) is 0 Å². The molecule has 1 rings (SSSR count). The van der Waals surface area contributed by atoms with Crippen molar-refractivity contribution in [3.05, 3.63) is 18.2 Å². The molecular formula is C11H19N3O. The van der Waals surface area contributed by atoms with Crippen molar-refractivity contribution in [2.45, 2.75) is 38.8 Å². The Labute approximate surface area is 90.5 Å². The van der Waals surface area contributed by atoms with Crippen LogP contribution in [0.3, 0.4) is 0 Å². The van der Waals surface area contributed by atoms with Crippen LogP contribution >= 0.6 is 0 Å². The lowest BCUT2D eigenvalue weighted by molar-refractivity contribution is 0.0239. The number of aliphatic hydroxyl groups is 1. The maximum Gasteiger partial charge on any atom is 0.128 e. The molecule has 4 nitrogen and oxygen atoms in total. The van der Waals surface area contributed by atoms with Gasteiger partial charge in [-0.05, 0) is 39.8 Å². The summed E-state index contributed by atoms with van der Waals surface area (Å²) in [6.07, 6.45) is 0. The maximum absolute atomic E-state index is 9.95. The number of nitrogens with zero attached hydrogens (tertiary/aromatic N) is 1. The van der Waals surface area contributed by atoms with E-state index in [0.29, 0.717) is 11.6 Å². The topological polar surface area (TPSA) is 71.2 Å². The number of rotatable bonds is 3. The van der Waals surface area contributed by atoms with E-state index in [9.17, 15) is 5.11 Å². The highest BCUT2D eigenvalue weighted by molar-refractivity contribution is 5.44. The van der Waals surface area contributed by atoms with Crippen LogP contribution in [0.15, 0.2) is 18.2 Å². The summed E-state index contributed by atoms with van der Waals surface area (Å²) < 4.78 is 0. The van der Waals surface area contributed by atoms with Crippen LogP contribution in [0.5, 0.6) is 0 Å². The van der Waals surface area contributed by atoms with Gasteiger partial charge >= 0.3 is 0 Å². The number of aromatic nitrogens is 1. The van der Waals surface area contributed by atoms with Gasteiger partial charge in [0.15, 0.2) is 0 Å². The Bertz CT molecular complexity index is 342. The third kappa shape index (κ3) is 2.83. The van der Waals surface area contributed by atoms with Crippen LogP contribution in [-0.4, -0.2) is 21.2 Å². The van der Waals surface area contributed by atoms with Crippen LogP contribution < -0.4 is 11.1 Å². The number of hydrogen-bond acceptors (Lipinski definition) is 4. The highest BCUT2D eigenvalue weighted by Crippen LogP contribution is 2.25. The molecule has 0 radical (unpaired) electrons. The van der Waals surface area contributed by atoms with Crippen molar-refractivity contribution in [3.63, 3.8) is 0 Å². The molecule has 0 atom stereocenters. The molecule has 15 heavy (non-hydrogen) atoms. The average Bonchev–Trinajstić information content (AvgIpc) is 2.00. The Kier molecular flexibility index (Phi) is 2.90. The predicted octanol–water partition coefficient (Wildman–Crippen LogP) is 1.63. The molecule has 1 heterocycles. The molecule has 1 aromatic heterocycles. The second-order valence-corrected chi connectivity index (χ2v) is 4.76. The SMILES string of the molecule is CC(C)(O)C(C)(C)Nc1cccc(N)n1. The minimum atomic E-state index is -0.848. The minimum absolute atomic E-state index is 0.464. The van der Waals surface area contributed by atoms with E-state index in [-0.39, 0.29) is 0 Å². The van der Waals surface area contributed by atoms with E-state index in [1.54, 1.807) is 19.9 Å². The van der Waals surface area contributed by atoms with E-state index in [1.165, 1.54) is 0 Å². The Morgan fingerprint density at radius 1 is 1.27 bits per heavy atom. The number of pyridine rings is 1. The summed E-state index contributed by atoms with van der Waals surface area (Å²) in [6.45, 7) is 7.34. The molecule has 4 N–H and O–H groups in total. The maximum atomic E-state index is 9.95. The molecule has 0 aromatic carbocycles. The smallest absolute Gasteiger partial charge is 0.128 e. The van der Waals surface area contributed by atoms with E-state index >= 15 is 0 Å². The highest BCUT2D eigenvalue weighted by atomic mass is 16.3. The molecule has 0 fully saturated rings. The summed E-state index contributed by atoms with van der Waals surface area (Å²) in [4.78, 5) is 4.13. The second-order valence-electron chi connectivity index (χ2n) is 4.76. The van der Waals surface area contributed by atoms with Gasteiger partial charge in [0.05, 0.1) is 11.1 Å². The monoisotopic (exact) mass is 209 g/mol. The molecule has 0 saturated carbocycles. The van der Waals surface area contributed by atoms with Gasteiger partial charge in [-0.25, -0.2) is 4.98 Å². The zero-order chi connectivity index (χ0) is 11.7. The van der Waals surface area contributed by atoms with Crippen LogP contribution in [0.2, 0.25) is 0 Å². The van der Waals surface area contributed by atoms with Gasteiger partial charge < -0.3 is 16.2 Å². The largest absolute Gasteiger partial charge is 0.388 e. The van der Waals surface area contributed by atoms with Crippen LogP contribution in [0.25, 0.3) is 0 Å². The van der Waals surface area contributed by atoms with Crippen LogP contribution in [0, 0.1) is 0 Å². The van der Waals surface area contributed by atoms with Crippen molar-refractivity contribution in [1.29, 1.82) is 0 Å². The first-order valence-corrected chi connectivity index (χ1v) is 4.95. The second kappa shape index (κ2) is 3.70. The van der Waals surface area contributed by atoms with Crippen molar-refractivity contribution in [2.24, 2.45) is 0 Å². The normalized spacial score (nSPS) is 12.6. The van der Waals surface area contributed by atoms with Gasteiger partial charge in [-0.3, -0.25) is 0 Å². The van der Waals surface area contributed by atoms with Gasteiger partial charge in [0.25, 0.3) is 0 Å². The summed E-state index contributed by atoms with van der Waals surface area (Å²) in [7, 11) is 0. The van der Waals surface area contributed by atoms with Crippen molar-refractivity contribution >= 4 is 11.6 Å². The van der Waals surface area contributed by atoms with Crippen molar-refractivity contribution in [3.8, 4) is 0 Å². The first-order chi connectivity index (χ1) is 6.72. The minimum Gasteiger partial charge on any atom is -0.388 e. The lowest BCUT2D eigenvalue weighted by Crippen LogP contribution is -2.51. The number of hydrogen-bond donors (Lipinski definition) is 3. The van der Waals surface area contributed by atoms with Crippen molar-refractivity contribution in [2.75, 3.05) is 11.1 Å². The van der Waals surface area contributed by atoms with E-state index in [0.717, 1.165) is 0 Å². The molecule has 0 bridgehead atoms. The van der Waals surface area contributed by atoms with Crippen molar-refractivity contribution < 1.29 is 5.11 Å². The van der Waals surface area contributed by atoms with Crippen LogP contribution in [-0.2, 0) is 0 Å². The standard InChI is InChI=1S/C11H19N3O/c1-10(2,11(3,4)15)14-9-7-5-6-8(12)13-9/h5-7,15H,1-4H3,(H3,12,13,14). The number of anilines is 2. The first kappa shape index (κ1) is 11.8. The van der Waals surface area contributed by atoms with E-state index in [4.69, 9.17) is 5.73 Å². The fourth-order valence-electron chi connectivity index (χ4n) is 0.994. The molecule has 0 aliphatic heterocycles. The highest BCUT2D eigenvalue weighted by Gasteiger charge is 2.35. The fourth-order valence-corrected chi connectivity index (χ4v) is 0.994. The molecular weight excluding hydrogens is 190 g/mol. The first-order valence-electron chi connectivity index (χ1n) is 4.95. The fraction of sp³-hybridized carbons (Fsp3) is 0.545. The molecule has 0 unspecified atom stereocenters. The summed E-state index contributed by atoms with van der Waals surface area (Å²) in [5.41, 5.74) is 4.25. The predicted molar refractivity (Wildman–Crippen MR) is 62.6 cm³/mol. The van der Waals surface area contributed by atoms with E-state index in [1.807, 2.05) is 26.0 Å². The van der Waals surface area contributed by atoms with Gasteiger partial charge in [-0.1, -0.05) is 6.07 Å². The molecule has 0 aliphatic rings. The number of nitrogens with two attached hydrogens (primary N) is 1. The molecule has 0 saturated heterocycles. The molecule has 0 amide bonds. The van der Waals surface area contributed by atoms with E-state index in [2.05, 4.69) is 10.3 Å². The summed E-state index contributed by atoms with van der Waals surface area (Å²) in [5.74, 6) is 1.13. The molecule has 0 spiro atoms. The molecule has 84 valence electrons. The Morgan fingerprint density at radius 3 is 2.33 bits per heavy atom. The van der Waals surface area contributed by atoms with E-state index < -0.39 is 11.1 Å². The lowest BCUT2D eigenvalue weighted by Gasteiger charge is -2.38. The van der Waals surface area contributed by atoms with Gasteiger partial charge in [-0.15, -0.1) is 0 Å². The summed E-state index contributed by atoms with van der Waals surface area (Å²) in [5, 5.41) is 13.1. The zero-order valence-corrected chi connectivity index (χ0v) is 9.70.